The molecule has 0 aliphatic carbocycles. The summed E-state index contributed by atoms with van der Waals surface area (Å²) in [6.07, 6.45) is 0.729. The van der Waals surface area contributed by atoms with Crippen LogP contribution in [0.3, 0.4) is 0 Å². The molecule has 0 saturated heterocycles. The minimum Gasteiger partial charge on any atom is -0.454 e. The Hall–Kier alpha value is -1.98. The minimum atomic E-state index is -0.922. The molecule has 2 heterocycles. The lowest BCUT2D eigenvalue weighted by atomic mass is 10.0. The average Bonchev–Trinajstić information content (AvgIpc) is 2.89. The van der Waals surface area contributed by atoms with Crippen LogP contribution in [0.2, 0.25) is 5.02 Å². The highest BCUT2D eigenvalue weighted by Crippen LogP contribution is 2.42. The maximum absolute atomic E-state index is 10.5. The van der Waals surface area contributed by atoms with E-state index in [2.05, 4.69) is 4.98 Å². The first-order valence-corrected chi connectivity index (χ1v) is 6.43. The summed E-state index contributed by atoms with van der Waals surface area (Å²) in [6.45, 7) is 2.01. The van der Waals surface area contributed by atoms with Gasteiger partial charge in [-0.25, -0.2) is 4.98 Å². The van der Waals surface area contributed by atoms with E-state index in [0.717, 1.165) is 5.56 Å². The van der Waals surface area contributed by atoms with Crippen LogP contribution in [-0.4, -0.2) is 16.9 Å². The summed E-state index contributed by atoms with van der Waals surface area (Å²) in [5.74, 6) is 1.31. The summed E-state index contributed by atoms with van der Waals surface area (Å²) in [7, 11) is 0. The molecule has 3 N–H and O–H groups in total. The van der Waals surface area contributed by atoms with Crippen LogP contribution in [0.4, 0.5) is 5.82 Å². The number of nitrogen functional groups attached to an aromatic ring is 1. The van der Waals surface area contributed by atoms with Crippen molar-refractivity contribution in [3.8, 4) is 11.5 Å². The Labute approximate surface area is 120 Å². The summed E-state index contributed by atoms with van der Waals surface area (Å²) in [6, 6.07) is 5.13. The molecule has 20 heavy (non-hydrogen) atoms. The summed E-state index contributed by atoms with van der Waals surface area (Å²) in [5, 5.41) is 10.9. The highest BCUT2D eigenvalue weighted by Gasteiger charge is 2.22. The van der Waals surface area contributed by atoms with Gasteiger partial charge in [-0.1, -0.05) is 11.6 Å². The SMILES string of the molecule is Cc1cnc(N)c(C(O)c2cc(Cl)c3c(c2)OCO3)c1. The van der Waals surface area contributed by atoms with E-state index in [4.69, 9.17) is 26.8 Å². The summed E-state index contributed by atoms with van der Waals surface area (Å²) in [4.78, 5) is 4.05. The minimum absolute atomic E-state index is 0.128. The predicted octanol–water partition coefficient (Wildman–Crippen LogP) is 2.44. The van der Waals surface area contributed by atoms with Crippen LogP contribution in [0.5, 0.6) is 11.5 Å². The largest absolute Gasteiger partial charge is 0.454 e. The van der Waals surface area contributed by atoms with Crippen molar-refractivity contribution in [2.75, 3.05) is 12.5 Å². The maximum Gasteiger partial charge on any atom is 0.231 e. The molecular weight excluding hydrogens is 280 g/mol. The number of fused-ring (bicyclic) bond motifs is 1. The summed E-state index contributed by atoms with van der Waals surface area (Å²) < 4.78 is 10.5. The van der Waals surface area contributed by atoms with Crippen molar-refractivity contribution in [1.29, 1.82) is 0 Å². The number of nitrogens with zero attached hydrogens (tertiary/aromatic N) is 1. The van der Waals surface area contributed by atoms with Gasteiger partial charge in [0, 0.05) is 11.8 Å². The molecule has 1 atom stereocenters. The molecule has 0 radical (unpaired) electrons. The molecule has 0 saturated carbocycles. The first-order chi connectivity index (χ1) is 9.56. The number of hydrogen-bond donors (Lipinski definition) is 2. The van der Waals surface area contributed by atoms with Crippen molar-refractivity contribution in [2.24, 2.45) is 0 Å². The predicted molar refractivity (Wildman–Crippen MR) is 75.0 cm³/mol. The Balaban J connectivity index is 2.04. The number of hydrogen-bond acceptors (Lipinski definition) is 5. The van der Waals surface area contributed by atoms with E-state index in [9.17, 15) is 5.11 Å². The Kier molecular flexibility index (Phi) is 3.16. The van der Waals surface area contributed by atoms with Gasteiger partial charge < -0.3 is 20.3 Å². The molecular formula is C14H13ClN2O3. The average molecular weight is 293 g/mol. The van der Waals surface area contributed by atoms with Gasteiger partial charge in [0.25, 0.3) is 0 Å². The van der Waals surface area contributed by atoms with Crippen LogP contribution < -0.4 is 15.2 Å². The first-order valence-electron chi connectivity index (χ1n) is 6.05. The van der Waals surface area contributed by atoms with Gasteiger partial charge in [-0.05, 0) is 36.2 Å². The van der Waals surface area contributed by atoms with E-state index >= 15 is 0 Å². The lowest BCUT2D eigenvalue weighted by Crippen LogP contribution is -2.06. The van der Waals surface area contributed by atoms with Gasteiger partial charge in [-0.3, -0.25) is 0 Å². The van der Waals surface area contributed by atoms with Crippen molar-refractivity contribution in [3.63, 3.8) is 0 Å². The van der Waals surface area contributed by atoms with Crippen molar-refractivity contribution >= 4 is 17.4 Å². The van der Waals surface area contributed by atoms with Crippen molar-refractivity contribution in [2.45, 2.75) is 13.0 Å². The monoisotopic (exact) mass is 292 g/mol. The lowest BCUT2D eigenvalue weighted by molar-refractivity contribution is 0.173. The van der Waals surface area contributed by atoms with Crippen LogP contribution in [0.15, 0.2) is 24.4 Å². The number of anilines is 1. The van der Waals surface area contributed by atoms with Crippen LogP contribution in [0, 0.1) is 6.92 Å². The Morgan fingerprint density at radius 3 is 2.95 bits per heavy atom. The van der Waals surface area contributed by atoms with Gasteiger partial charge in [-0.15, -0.1) is 0 Å². The van der Waals surface area contributed by atoms with Crippen molar-refractivity contribution in [3.05, 3.63) is 46.1 Å². The number of benzene rings is 1. The number of rotatable bonds is 2. The first kappa shape index (κ1) is 13.0. The third kappa shape index (κ3) is 2.15. The Bertz CT molecular complexity index is 676. The second-order valence-corrected chi connectivity index (χ2v) is 5.03. The molecule has 0 amide bonds. The van der Waals surface area contributed by atoms with E-state index < -0.39 is 6.10 Å². The van der Waals surface area contributed by atoms with Crippen LogP contribution >= 0.6 is 11.6 Å². The molecule has 1 aliphatic heterocycles. The second kappa shape index (κ2) is 4.85. The van der Waals surface area contributed by atoms with E-state index in [1.54, 1.807) is 24.4 Å². The zero-order valence-corrected chi connectivity index (χ0v) is 11.5. The van der Waals surface area contributed by atoms with Crippen LogP contribution in [-0.2, 0) is 0 Å². The number of pyridine rings is 1. The van der Waals surface area contributed by atoms with Gasteiger partial charge in [0.15, 0.2) is 11.5 Å². The highest BCUT2D eigenvalue weighted by atomic mass is 35.5. The molecule has 5 nitrogen and oxygen atoms in total. The molecule has 1 aliphatic rings. The maximum atomic E-state index is 10.5. The fourth-order valence-electron chi connectivity index (χ4n) is 2.15. The van der Waals surface area contributed by atoms with Gasteiger partial charge in [0.05, 0.1) is 5.02 Å². The Morgan fingerprint density at radius 2 is 2.15 bits per heavy atom. The molecule has 0 fully saturated rings. The van der Waals surface area contributed by atoms with Gasteiger partial charge in [0.1, 0.15) is 11.9 Å². The fraction of sp³-hybridized carbons (Fsp3) is 0.214. The van der Waals surface area contributed by atoms with Gasteiger partial charge in [0.2, 0.25) is 6.79 Å². The molecule has 1 unspecified atom stereocenters. The third-order valence-corrected chi connectivity index (χ3v) is 3.43. The van der Waals surface area contributed by atoms with Crippen molar-refractivity contribution in [1.82, 2.24) is 4.98 Å². The summed E-state index contributed by atoms with van der Waals surface area (Å²) in [5.41, 5.74) is 7.86. The number of ether oxygens (including phenoxy) is 2. The van der Waals surface area contributed by atoms with Crippen LogP contribution in [0.25, 0.3) is 0 Å². The number of aromatic nitrogens is 1. The molecule has 104 valence electrons. The normalized spacial score (nSPS) is 14.3. The standard InChI is InChI=1S/C14H13ClN2O3/c1-7-2-9(14(16)17-5-7)12(18)8-3-10(15)13-11(4-8)19-6-20-13/h2-5,12,18H,6H2,1H3,(H2,16,17). The smallest absolute Gasteiger partial charge is 0.231 e. The summed E-state index contributed by atoms with van der Waals surface area (Å²) >= 11 is 6.11. The number of nitrogens with two attached hydrogens (primary N) is 1. The topological polar surface area (TPSA) is 77.6 Å². The van der Waals surface area contributed by atoms with Gasteiger partial charge >= 0.3 is 0 Å². The lowest BCUT2D eigenvalue weighted by Gasteiger charge is -2.15. The van der Waals surface area contributed by atoms with Crippen molar-refractivity contribution < 1.29 is 14.6 Å². The molecule has 2 aromatic rings. The van der Waals surface area contributed by atoms with E-state index in [0.29, 0.717) is 27.6 Å². The molecule has 1 aromatic heterocycles. The molecule has 6 heteroatoms. The molecule has 3 rings (SSSR count). The van der Waals surface area contributed by atoms with Gasteiger partial charge in [-0.2, -0.15) is 0 Å². The van der Waals surface area contributed by atoms with Crippen LogP contribution in [0.1, 0.15) is 22.8 Å². The number of aliphatic hydroxyl groups is 1. The number of aryl methyl sites for hydroxylation is 1. The van der Waals surface area contributed by atoms with E-state index in [1.165, 1.54) is 0 Å². The highest BCUT2D eigenvalue weighted by molar-refractivity contribution is 6.32. The zero-order chi connectivity index (χ0) is 14.3. The zero-order valence-electron chi connectivity index (χ0n) is 10.8. The van der Waals surface area contributed by atoms with E-state index in [-0.39, 0.29) is 12.6 Å². The number of halogens is 1. The van der Waals surface area contributed by atoms with E-state index in [1.807, 2.05) is 6.92 Å². The molecule has 0 bridgehead atoms. The fourth-order valence-corrected chi connectivity index (χ4v) is 2.42. The molecule has 0 spiro atoms. The second-order valence-electron chi connectivity index (χ2n) is 4.63. The number of aliphatic hydroxyl groups excluding tert-OH is 1. The third-order valence-electron chi connectivity index (χ3n) is 3.15. The quantitative estimate of drug-likeness (QED) is 0.889. The molecule has 1 aromatic carbocycles. The Morgan fingerprint density at radius 1 is 1.35 bits per heavy atom.